The number of hydrogen-bond donors (Lipinski definition) is 0. The first kappa shape index (κ1) is 17.2. The zero-order valence-corrected chi connectivity index (χ0v) is 15.6. The molecule has 4 aromatic rings. The van der Waals surface area contributed by atoms with Crippen molar-refractivity contribution in [2.24, 2.45) is 0 Å². The van der Waals surface area contributed by atoms with Crippen LogP contribution in [-0.2, 0) is 9.84 Å². The minimum Gasteiger partial charge on any atom is -0.293 e. The lowest BCUT2D eigenvalue weighted by atomic mass is 10.2. The first-order chi connectivity index (χ1) is 13.0. The van der Waals surface area contributed by atoms with Crippen molar-refractivity contribution in [3.8, 4) is 5.69 Å². The predicted molar refractivity (Wildman–Crippen MR) is 110 cm³/mol. The molecule has 0 aliphatic rings. The van der Waals surface area contributed by atoms with Gasteiger partial charge in [-0.2, -0.15) is 0 Å². The summed E-state index contributed by atoms with van der Waals surface area (Å²) in [7, 11) is -3.19. The van der Waals surface area contributed by atoms with E-state index < -0.39 is 9.84 Å². The van der Waals surface area contributed by atoms with Gasteiger partial charge in [0.25, 0.3) is 0 Å². The van der Waals surface area contributed by atoms with Gasteiger partial charge in [0.05, 0.1) is 15.9 Å². The van der Waals surface area contributed by atoms with E-state index in [1.54, 1.807) is 24.3 Å². The second-order valence-corrected chi connectivity index (χ2v) is 8.32. The van der Waals surface area contributed by atoms with Crippen LogP contribution in [0.15, 0.2) is 83.8 Å². The van der Waals surface area contributed by atoms with E-state index >= 15 is 0 Å². The summed E-state index contributed by atoms with van der Waals surface area (Å²) in [4.78, 5) is 5.06. The highest BCUT2D eigenvalue weighted by molar-refractivity contribution is 7.90. The normalized spacial score (nSPS) is 12.0. The van der Waals surface area contributed by atoms with Gasteiger partial charge in [-0.15, -0.1) is 0 Å². The third kappa shape index (κ3) is 3.55. The lowest BCUT2D eigenvalue weighted by molar-refractivity contribution is 0.602. The fourth-order valence-electron chi connectivity index (χ4n) is 3.00. The molecule has 0 N–H and O–H groups in total. The molecule has 1 aromatic heterocycles. The Morgan fingerprint density at radius 3 is 2.19 bits per heavy atom. The molecule has 1 heterocycles. The topological polar surface area (TPSA) is 52.0 Å². The maximum absolute atomic E-state index is 11.6. The van der Waals surface area contributed by atoms with E-state index in [9.17, 15) is 8.42 Å². The molecule has 134 valence electrons. The molecular formula is C22H18N2O2S. The predicted octanol–water partition coefficient (Wildman–Crippen LogP) is 4.60. The maximum atomic E-state index is 11.6. The van der Waals surface area contributed by atoms with Gasteiger partial charge >= 0.3 is 0 Å². The highest BCUT2D eigenvalue weighted by atomic mass is 32.2. The molecule has 0 saturated carbocycles. The molecule has 0 unspecified atom stereocenters. The van der Waals surface area contributed by atoms with E-state index in [1.807, 2.05) is 66.7 Å². The molecule has 0 radical (unpaired) electrons. The summed E-state index contributed by atoms with van der Waals surface area (Å²) in [5.41, 5.74) is 3.91. The smallest absolute Gasteiger partial charge is 0.175 e. The van der Waals surface area contributed by atoms with E-state index in [2.05, 4.69) is 4.57 Å². The van der Waals surface area contributed by atoms with Crippen LogP contribution in [0.5, 0.6) is 0 Å². The molecule has 0 fully saturated rings. The van der Waals surface area contributed by atoms with Crippen molar-refractivity contribution in [3.63, 3.8) is 0 Å². The van der Waals surface area contributed by atoms with E-state index in [-0.39, 0.29) is 0 Å². The Kier molecular flexibility index (Phi) is 4.38. The SMILES string of the molecule is CS(=O)(=O)c1ccc(C=Cc2nc3ccccc3n2-c2ccccc2)cc1. The first-order valence-electron chi connectivity index (χ1n) is 8.53. The number of hydrogen-bond acceptors (Lipinski definition) is 3. The van der Waals surface area contributed by atoms with Gasteiger partial charge in [0.1, 0.15) is 5.82 Å². The molecule has 0 bridgehead atoms. The molecule has 0 aliphatic heterocycles. The van der Waals surface area contributed by atoms with Crippen molar-refractivity contribution in [1.82, 2.24) is 9.55 Å². The average Bonchev–Trinajstić information content (AvgIpc) is 3.05. The van der Waals surface area contributed by atoms with Crippen molar-refractivity contribution < 1.29 is 8.42 Å². The molecule has 0 atom stereocenters. The van der Waals surface area contributed by atoms with Gasteiger partial charge in [0, 0.05) is 11.9 Å². The number of aromatic nitrogens is 2. The van der Waals surface area contributed by atoms with Gasteiger partial charge in [-0.25, -0.2) is 13.4 Å². The van der Waals surface area contributed by atoms with Gasteiger partial charge in [-0.05, 0) is 48.0 Å². The van der Waals surface area contributed by atoms with E-state index in [1.165, 1.54) is 6.26 Å². The van der Waals surface area contributed by atoms with Gasteiger partial charge < -0.3 is 0 Å². The second kappa shape index (κ2) is 6.85. The van der Waals surface area contributed by atoms with Gasteiger partial charge in [0.2, 0.25) is 0 Å². The van der Waals surface area contributed by atoms with Crippen LogP contribution in [0.3, 0.4) is 0 Å². The van der Waals surface area contributed by atoms with Gasteiger partial charge in [-0.1, -0.05) is 48.5 Å². The number of benzene rings is 3. The molecule has 3 aromatic carbocycles. The molecule has 0 aliphatic carbocycles. The van der Waals surface area contributed by atoms with Crippen molar-refractivity contribution >= 4 is 33.0 Å². The van der Waals surface area contributed by atoms with Crippen LogP contribution in [0.2, 0.25) is 0 Å². The standard InChI is InChI=1S/C22H18N2O2S/c1-27(25,26)19-14-11-17(12-15-19)13-16-22-23-20-9-5-6-10-21(20)24(22)18-7-3-2-4-8-18/h2-16H,1H3. The van der Waals surface area contributed by atoms with Crippen molar-refractivity contribution in [2.45, 2.75) is 4.90 Å². The minimum atomic E-state index is -3.19. The Balaban J connectivity index is 1.77. The number of para-hydroxylation sites is 3. The zero-order chi connectivity index (χ0) is 18.9. The highest BCUT2D eigenvalue weighted by Crippen LogP contribution is 2.23. The molecule has 5 heteroatoms. The Morgan fingerprint density at radius 2 is 1.48 bits per heavy atom. The van der Waals surface area contributed by atoms with Crippen LogP contribution in [0, 0.1) is 0 Å². The summed E-state index contributed by atoms with van der Waals surface area (Å²) >= 11 is 0. The molecular weight excluding hydrogens is 356 g/mol. The second-order valence-electron chi connectivity index (χ2n) is 6.30. The average molecular weight is 374 g/mol. The summed E-state index contributed by atoms with van der Waals surface area (Å²) < 4.78 is 25.3. The van der Waals surface area contributed by atoms with Crippen molar-refractivity contribution in [2.75, 3.05) is 6.26 Å². The van der Waals surface area contributed by atoms with E-state index in [4.69, 9.17) is 4.98 Å². The fraction of sp³-hybridized carbons (Fsp3) is 0.0455. The fourth-order valence-corrected chi connectivity index (χ4v) is 3.63. The van der Waals surface area contributed by atoms with Gasteiger partial charge in [0.15, 0.2) is 9.84 Å². The van der Waals surface area contributed by atoms with Crippen LogP contribution < -0.4 is 0 Å². The van der Waals surface area contributed by atoms with Crippen molar-refractivity contribution in [1.29, 1.82) is 0 Å². The lowest BCUT2D eigenvalue weighted by Gasteiger charge is -2.06. The van der Waals surface area contributed by atoms with Crippen LogP contribution in [0.25, 0.3) is 28.9 Å². The molecule has 0 saturated heterocycles. The highest BCUT2D eigenvalue weighted by Gasteiger charge is 2.10. The first-order valence-corrected chi connectivity index (χ1v) is 10.4. The summed E-state index contributed by atoms with van der Waals surface area (Å²) in [6, 6.07) is 24.9. The minimum absolute atomic E-state index is 0.316. The van der Waals surface area contributed by atoms with E-state index in [0.29, 0.717) is 4.90 Å². The molecule has 27 heavy (non-hydrogen) atoms. The third-order valence-electron chi connectivity index (χ3n) is 4.33. The van der Waals surface area contributed by atoms with Gasteiger partial charge in [-0.3, -0.25) is 4.57 Å². The molecule has 4 rings (SSSR count). The summed E-state index contributed by atoms with van der Waals surface area (Å²) in [6.45, 7) is 0. The number of fused-ring (bicyclic) bond motifs is 1. The zero-order valence-electron chi connectivity index (χ0n) is 14.8. The Bertz CT molecular complexity index is 1220. The number of nitrogens with zero attached hydrogens (tertiary/aromatic N) is 2. The van der Waals surface area contributed by atoms with Crippen LogP contribution in [0.1, 0.15) is 11.4 Å². The number of sulfone groups is 1. The van der Waals surface area contributed by atoms with Crippen LogP contribution >= 0.6 is 0 Å². The largest absolute Gasteiger partial charge is 0.293 e. The van der Waals surface area contributed by atoms with Crippen LogP contribution in [0.4, 0.5) is 0 Å². The van der Waals surface area contributed by atoms with E-state index in [0.717, 1.165) is 28.1 Å². The van der Waals surface area contributed by atoms with Crippen molar-refractivity contribution in [3.05, 3.63) is 90.3 Å². The summed E-state index contributed by atoms with van der Waals surface area (Å²) in [6.07, 6.45) is 5.09. The third-order valence-corrected chi connectivity index (χ3v) is 5.46. The quantitative estimate of drug-likeness (QED) is 0.525. The summed E-state index contributed by atoms with van der Waals surface area (Å²) in [5, 5.41) is 0. The summed E-state index contributed by atoms with van der Waals surface area (Å²) in [5.74, 6) is 0.814. The number of rotatable bonds is 4. The monoisotopic (exact) mass is 374 g/mol. The lowest BCUT2D eigenvalue weighted by Crippen LogP contribution is -1.97. The van der Waals surface area contributed by atoms with Crippen LogP contribution in [-0.4, -0.2) is 24.2 Å². The Labute approximate surface area is 158 Å². The maximum Gasteiger partial charge on any atom is 0.175 e. The molecule has 0 spiro atoms. The Morgan fingerprint density at radius 1 is 0.815 bits per heavy atom. The molecule has 4 nitrogen and oxygen atoms in total. The number of imidazole rings is 1. The molecule has 0 amide bonds. The Hall–Kier alpha value is -3.18.